The van der Waals surface area contributed by atoms with E-state index >= 15 is 0 Å². The molecular weight excluding hydrogens is 404 g/mol. The summed E-state index contributed by atoms with van der Waals surface area (Å²) in [7, 11) is 1.68. The van der Waals surface area contributed by atoms with Gasteiger partial charge in [0.2, 0.25) is 0 Å². The Hall–Kier alpha value is -3.68. The van der Waals surface area contributed by atoms with Crippen LogP contribution >= 0.6 is 0 Å². The molecule has 0 aliphatic rings. The van der Waals surface area contributed by atoms with Crippen LogP contribution in [0.2, 0.25) is 0 Å². The minimum atomic E-state index is 0.326. The highest BCUT2D eigenvalue weighted by atomic mass is 16.5. The zero-order valence-corrected chi connectivity index (χ0v) is 19.1. The van der Waals surface area contributed by atoms with Gasteiger partial charge in [-0.3, -0.25) is 0 Å². The first-order chi connectivity index (χ1) is 15.4. The number of fused-ring (bicyclic) bond motifs is 3. The number of H-pyrrole nitrogens is 1. The van der Waals surface area contributed by atoms with E-state index in [0.717, 1.165) is 67.5 Å². The number of methoxy groups -OCH3 is 1. The van der Waals surface area contributed by atoms with Crippen LogP contribution < -0.4 is 4.74 Å². The van der Waals surface area contributed by atoms with E-state index in [0.29, 0.717) is 12.5 Å². The van der Waals surface area contributed by atoms with Gasteiger partial charge in [0.15, 0.2) is 0 Å². The van der Waals surface area contributed by atoms with E-state index in [2.05, 4.69) is 50.7 Å². The molecule has 0 radical (unpaired) electrons. The summed E-state index contributed by atoms with van der Waals surface area (Å²) in [4.78, 5) is 17.3. The maximum Gasteiger partial charge on any atom is 0.142 e. The van der Waals surface area contributed by atoms with E-state index in [9.17, 15) is 0 Å². The van der Waals surface area contributed by atoms with Crippen molar-refractivity contribution in [1.82, 2.24) is 29.7 Å². The summed E-state index contributed by atoms with van der Waals surface area (Å²) < 4.78 is 13.4. The molecule has 164 valence electrons. The minimum absolute atomic E-state index is 0.326. The molecule has 0 aliphatic heterocycles. The predicted molar refractivity (Wildman–Crippen MR) is 123 cm³/mol. The molecule has 0 saturated heterocycles. The lowest BCUT2D eigenvalue weighted by atomic mass is 10.00. The van der Waals surface area contributed by atoms with Crippen LogP contribution in [-0.2, 0) is 6.42 Å². The van der Waals surface area contributed by atoms with Gasteiger partial charge in [-0.15, -0.1) is 0 Å². The number of ether oxygens (including phenoxy) is 1. The van der Waals surface area contributed by atoms with Gasteiger partial charge in [0.05, 0.1) is 30.4 Å². The lowest BCUT2D eigenvalue weighted by Gasteiger charge is -2.12. The van der Waals surface area contributed by atoms with Crippen LogP contribution in [0.3, 0.4) is 0 Å². The minimum Gasteiger partial charge on any atom is -0.496 e. The Morgan fingerprint density at radius 2 is 1.97 bits per heavy atom. The first kappa shape index (κ1) is 20.2. The Morgan fingerprint density at radius 3 is 2.66 bits per heavy atom. The molecule has 5 rings (SSSR count). The van der Waals surface area contributed by atoms with E-state index in [-0.39, 0.29) is 0 Å². The van der Waals surface area contributed by atoms with Crippen molar-refractivity contribution in [1.29, 1.82) is 0 Å². The Bertz CT molecular complexity index is 1440. The van der Waals surface area contributed by atoms with Gasteiger partial charge in [0, 0.05) is 46.2 Å². The second-order valence-electron chi connectivity index (χ2n) is 8.43. The van der Waals surface area contributed by atoms with E-state index in [1.54, 1.807) is 7.11 Å². The molecule has 8 nitrogen and oxygen atoms in total. The molecular formula is C24H26N6O2. The van der Waals surface area contributed by atoms with Gasteiger partial charge >= 0.3 is 0 Å². The van der Waals surface area contributed by atoms with Gasteiger partial charge in [-0.05, 0) is 46.8 Å². The molecule has 32 heavy (non-hydrogen) atoms. The Labute approximate surface area is 185 Å². The molecule has 4 aromatic heterocycles. The highest BCUT2D eigenvalue weighted by Gasteiger charge is 2.21. The molecule has 0 fully saturated rings. The molecule has 5 aromatic rings. The first-order valence-corrected chi connectivity index (χ1v) is 10.7. The van der Waals surface area contributed by atoms with E-state index < -0.39 is 0 Å². The monoisotopic (exact) mass is 430 g/mol. The van der Waals surface area contributed by atoms with E-state index in [1.807, 2.05) is 33.3 Å². The van der Waals surface area contributed by atoms with Crippen molar-refractivity contribution in [2.75, 3.05) is 7.11 Å². The number of nitrogens with one attached hydrogen (secondary N) is 1. The summed E-state index contributed by atoms with van der Waals surface area (Å²) in [5, 5.41) is 6.14. The quantitative estimate of drug-likeness (QED) is 0.418. The number of rotatable bonds is 5. The number of hydrogen-bond acceptors (Lipinski definition) is 6. The van der Waals surface area contributed by atoms with E-state index in [4.69, 9.17) is 14.2 Å². The number of nitrogens with zero attached hydrogens (tertiary/aromatic N) is 5. The summed E-state index contributed by atoms with van der Waals surface area (Å²) in [5.74, 6) is 2.24. The molecule has 0 saturated carbocycles. The predicted octanol–water partition coefficient (Wildman–Crippen LogP) is 5.07. The van der Waals surface area contributed by atoms with Crippen LogP contribution in [0, 0.1) is 20.8 Å². The topological polar surface area (TPSA) is 94.7 Å². The fourth-order valence-corrected chi connectivity index (χ4v) is 4.49. The van der Waals surface area contributed by atoms with Crippen LogP contribution in [0.5, 0.6) is 5.75 Å². The Morgan fingerprint density at radius 1 is 1.16 bits per heavy atom. The van der Waals surface area contributed by atoms with Crippen LogP contribution in [0.25, 0.3) is 33.1 Å². The average Bonchev–Trinajstić information content (AvgIpc) is 3.43. The van der Waals surface area contributed by atoms with Crippen LogP contribution in [0.1, 0.15) is 48.6 Å². The van der Waals surface area contributed by atoms with Crippen molar-refractivity contribution in [3.05, 3.63) is 53.3 Å². The lowest BCUT2D eigenvalue weighted by Crippen LogP contribution is -2.06. The molecule has 8 heteroatoms. The van der Waals surface area contributed by atoms with E-state index in [1.165, 1.54) is 0 Å². The highest BCUT2D eigenvalue weighted by Crippen LogP contribution is 2.40. The normalized spacial score (nSPS) is 11.8. The van der Waals surface area contributed by atoms with Crippen LogP contribution in [-0.4, -0.2) is 36.8 Å². The zero-order chi connectivity index (χ0) is 22.6. The van der Waals surface area contributed by atoms with Gasteiger partial charge in [-0.2, -0.15) is 0 Å². The molecule has 0 aliphatic carbocycles. The third-order valence-electron chi connectivity index (χ3n) is 5.91. The molecule has 0 atom stereocenters. The van der Waals surface area contributed by atoms with Crippen molar-refractivity contribution in [2.45, 2.75) is 47.1 Å². The fourth-order valence-electron chi connectivity index (χ4n) is 4.49. The number of aryl methyl sites for hydroxylation is 3. The van der Waals surface area contributed by atoms with Gasteiger partial charge in [-0.25, -0.2) is 15.0 Å². The second kappa shape index (κ2) is 7.47. The first-order valence-electron chi connectivity index (χ1n) is 10.7. The number of benzene rings is 1. The van der Waals surface area contributed by atoms with Gasteiger partial charge in [0.25, 0.3) is 0 Å². The highest BCUT2D eigenvalue weighted by molar-refractivity contribution is 6.09. The van der Waals surface area contributed by atoms with Crippen molar-refractivity contribution in [3.8, 4) is 16.9 Å². The van der Waals surface area contributed by atoms with Crippen LogP contribution in [0.15, 0.2) is 29.2 Å². The number of hydrogen-bond donors (Lipinski definition) is 1. The maximum atomic E-state index is 5.79. The van der Waals surface area contributed by atoms with Gasteiger partial charge < -0.3 is 18.8 Å². The Kier molecular flexibility index (Phi) is 4.73. The molecule has 1 aromatic carbocycles. The largest absolute Gasteiger partial charge is 0.496 e. The second-order valence-corrected chi connectivity index (χ2v) is 8.43. The molecule has 1 N–H and O–H groups in total. The lowest BCUT2D eigenvalue weighted by molar-refractivity contribution is 0.393. The molecule has 0 spiro atoms. The number of aromatic amines is 1. The SMILES string of the molecule is COc1cc2c(cc1-c1c(C)noc1C)[nH]c1nc(C)nc(Cc3cncn3C(C)C)c12. The van der Waals surface area contributed by atoms with Crippen molar-refractivity contribution < 1.29 is 9.26 Å². The molecule has 0 bridgehead atoms. The Balaban J connectivity index is 1.75. The smallest absolute Gasteiger partial charge is 0.142 e. The summed E-state index contributed by atoms with van der Waals surface area (Å²) >= 11 is 0. The van der Waals surface area contributed by atoms with Gasteiger partial charge in [0.1, 0.15) is 23.0 Å². The molecule has 4 heterocycles. The zero-order valence-electron chi connectivity index (χ0n) is 19.1. The van der Waals surface area contributed by atoms with Crippen LogP contribution in [0.4, 0.5) is 0 Å². The third-order valence-corrected chi connectivity index (χ3v) is 5.91. The molecule has 0 unspecified atom stereocenters. The summed E-state index contributed by atoms with van der Waals surface area (Å²) in [6, 6.07) is 4.46. The third kappa shape index (κ3) is 3.14. The number of imidazole rings is 1. The summed E-state index contributed by atoms with van der Waals surface area (Å²) in [5.41, 5.74) is 6.58. The standard InChI is InChI=1S/C24H26N6O2/c1-12(2)30-11-25-10-16(30)7-20-23-17-9-21(31-6)18(22-13(3)29-32-14(22)4)8-19(17)28-24(23)27-15(5)26-20/h8-12H,7H2,1-6H3,(H,26,27,28). The van der Waals surface area contributed by atoms with Crippen molar-refractivity contribution >= 4 is 21.9 Å². The van der Waals surface area contributed by atoms with Gasteiger partial charge in [-0.1, -0.05) is 5.16 Å². The number of aromatic nitrogens is 6. The summed E-state index contributed by atoms with van der Waals surface area (Å²) in [6.07, 6.45) is 4.45. The van der Waals surface area contributed by atoms with Crippen molar-refractivity contribution in [2.24, 2.45) is 0 Å². The van der Waals surface area contributed by atoms with Crippen molar-refractivity contribution in [3.63, 3.8) is 0 Å². The molecule has 0 amide bonds. The maximum absolute atomic E-state index is 5.79. The summed E-state index contributed by atoms with van der Waals surface area (Å²) in [6.45, 7) is 10.1. The fraction of sp³-hybridized carbons (Fsp3) is 0.333. The average molecular weight is 431 g/mol.